The Labute approximate surface area is 59.1 Å². The van der Waals surface area contributed by atoms with Crippen LogP contribution in [0.2, 0.25) is 0 Å². The topological polar surface area (TPSA) is 3.24 Å². The highest BCUT2D eigenvalue weighted by molar-refractivity contribution is 4.61. The molecular formula is C8H17N. The summed E-state index contributed by atoms with van der Waals surface area (Å²) in [6.07, 6.45) is 0. The highest BCUT2D eigenvalue weighted by Crippen LogP contribution is 1.96. The fraction of sp³-hybridized carbons (Fsp3) is 0.750. The summed E-state index contributed by atoms with van der Waals surface area (Å²) in [5, 5.41) is 0. The van der Waals surface area contributed by atoms with E-state index in [0.29, 0.717) is 0 Å². The smallest absolute Gasteiger partial charge is 0.000438 e. The average Bonchev–Trinajstić information content (AvgIpc) is 1.82. The Morgan fingerprint density at radius 1 is 1.22 bits per heavy atom. The van der Waals surface area contributed by atoms with E-state index in [9.17, 15) is 0 Å². The molecule has 0 saturated carbocycles. The van der Waals surface area contributed by atoms with Gasteiger partial charge in [0.2, 0.25) is 0 Å². The normalized spacial score (nSPS) is 11.3. The minimum atomic E-state index is 0.730. The summed E-state index contributed by atoms with van der Waals surface area (Å²) in [5.74, 6) is 0.730. The van der Waals surface area contributed by atoms with Crippen molar-refractivity contribution in [3.8, 4) is 0 Å². The summed E-state index contributed by atoms with van der Waals surface area (Å²) in [4.78, 5) is 2.23. The fourth-order valence-corrected chi connectivity index (χ4v) is 0.811. The van der Waals surface area contributed by atoms with Crippen molar-refractivity contribution >= 4 is 0 Å². The van der Waals surface area contributed by atoms with E-state index < -0.39 is 0 Å². The summed E-state index contributed by atoms with van der Waals surface area (Å²) in [5.41, 5.74) is 0. The lowest BCUT2D eigenvalue weighted by molar-refractivity contribution is 0.293. The summed E-state index contributed by atoms with van der Waals surface area (Å²) >= 11 is 0. The summed E-state index contributed by atoms with van der Waals surface area (Å²) in [6.45, 7) is 14.9. The molecule has 0 aromatic carbocycles. The predicted molar refractivity (Wildman–Crippen MR) is 42.0 cm³/mol. The Bertz CT molecular complexity index is 55.6. The molecule has 0 heterocycles. The van der Waals surface area contributed by atoms with Crippen molar-refractivity contribution in [1.82, 2.24) is 4.90 Å². The molecule has 1 nitrogen and oxygen atoms in total. The van der Waals surface area contributed by atoms with Gasteiger partial charge in [-0.25, -0.2) is 0 Å². The molecule has 0 aliphatic rings. The zero-order valence-corrected chi connectivity index (χ0v) is 6.56. The second kappa shape index (κ2) is 4.80. The highest BCUT2D eigenvalue weighted by atomic mass is 15.1. The van der Waals surface area contributed by atoms with E-state index in [-0.39, 0.29) is 0 Å². The molecule has 0 fully saturated rings. The van der Waals surface area contributed by atoms with Gasteiger partial charge in [-0.3, -0.25) is 0 Å². The second-order valence-corrected chi connectivity index (χ2v) is 2.69. The summed E-state index contributed by atoms with van der Waals surface area (Å²) in [6, 6.07) is 0. The van der Waals surface area contributed by atoms with Crippen molar-refractivity contribution < 1.29 is 0 Å². The quantitative estimate of drug-likeness (QED) is 0.554. The first-order chi connectivity index (χ1) is 4.20. The van der Waals surface area contributed by atoms with E-state index in [1.165, 1.54) is 0 Å². The lowest BCUT2D eigenvalue weighted by atomic mass is 10.2. The lowest BCUT2D eigenvalue weighted by Crippen LogP contribution is -2.27. The third-order valence-corrected chi connectivity index (χ3v) is 1.26. The summed E-state index contributed by atoms with van der Waals surface area (Å²) in [7, 11) is 0. The van der Waals surface area contributed by atoms with Crippen molar-refractivity contribution in [3.63, 3.8) is 0 Å². The van der Waals surface area contributed by atoms with Crippen LogP contribution in [0.3, 0.4) is 0 Å². The average molecular weight is 127 g/mol. The van der Waals surface area contributed by atoms with Gasteiger partial charge in [-0.15, -0.1) is 0 Å². The molecule has 0 N–H and O–H groups in total. The monoisotopic (exact) mass is 127 g/mol. The minimum Gasteiger partial charge on any atom is -0.303 e. The van der Waals surface area contributed by atoms with Crippen molar-refractivity contribution in [1.29, 1.82) is 0 Å². The SMILES string of the molecule is [CH2]CN(C[CH2])CC(C)C. The standard InChI is InChI=1S/C8H17N/c1-5-9(6-2)7-8(3)4/h8H,1-2,5-7H2,3-4H3. The number of hydrogen-bond acceptors (Lipinski definition) is 1. The number of rotatable bonds is 4. The van der Waals surface area contributed by atoms with E-state index in [1.54, 1.807) is 0 Å². The largest absolute Gasteiger partial charge is 0.303 e. The molecule has 0 rings (SSSR count). The van der Waals surface area contributed by atoms with Crippen LogP contribution in [-0.4, -0.2) is 24.5 Å². The molecule has 54 valence electrons. The van der Waals surface area contributed by atoms with E-state index >= 15 is 0 Å². The highest BCUT2D eigenvalue weighted by Gasteiger charge is 2.00. The van der Waals surface area contributed by atoms with E-state index in [4.69, 9.17) is 0 Å². The van der Waals surface area contributed by atoms with Gasteiger partial charge in [0.15, 0.2) is 0 Å². The van der Waals surface area contributed by atoms with Gasteiger partial charge in [0, 0.05) is 6.54 Å². The number of nitrogens with zero attached hydrogens (tertiary/aromatic N) is 1. The van der Waals surface area contributed by atoms with Crippen LogP contribution in [0, 0.1) is 19.8 Å². The fourth-order valence-electron chi connectivity index (χ4n) is 0.811. The third kappa shape index (κ3) is 4.46. The van der Waals surface area contributed by atoms with Crippen LogP contribution < -0.4 is 0 Å². The minimum absolute atomic E-state index is 0.730. The van der Waals surface area contributed by atoms with Gasteiger partial charge in [-0.05, 0) is 32.9 Å². The van der Waals surface area contributed by atoms with Crippen LogP contribution in [0.1, 0.15) is 13.8 Å². The van der Waals surface area contributed by atoms with Crippen molar-refractivity contribution in [2.45, 2.75) is 13.8 Å². The van der Waals surface area contributed by atoms with Gasteiger partial charge in [-0.2, -0.15) is 0 Å². The van der Waals surface area contributed by atoms with Gasteiger partial charge in [0.05, 0.1) is 0 Å². The molecule has 1 heteroatoms. The van der Waals surface area contributed by atoms with Gasteiger partial charge in [0.25, 0.3) is 0 Å². The van der Waals surface area contributed by atoms with Gasteiger partial charge >= 0.3 is 0 Å². The number of hydrogen-bond donors (Lipinski definition) is 0. The Kier molecular flexibility index (Phi) is 4.78. The first-order valence-corrected chi connectivity index (χ1v) is 3.51. The van der Waals surface area contributed by atoms with Crippen molar-refractivity contribution in [2.75, 3.05) is 19.6 Å². The van der Waals surface area contributed by atoms with Gasteiger partial charge in [-0.1, -0.05) is 13.8 Å². The Balaban J connectivity index is 3.31. The first-order valence-electron chi connectivity index (χ1n) is 3.51. The van der Waals surface area contributed by atoms with Gasteiger partial charge in [0.1, 0.15) is 0 Å². The Morgan fingerprint density at radius 3 is 1.78 bits per heavy atom. The van der Waals surface area contributed by atoms with Crippen LogP contribution in [0.25, 0.3) is 0 Å². The van der Waals surface area contributed by atoms with E-state index in [1.807, 2.05) is 0 Å². The van der Waals surface area contributed by atoms with Crippen LogP contribution in [0.4, 0.5) is 0 Å². The van der Waals surface area contributed by atoms with Gasteiger partial charge < -0.3 is 4.90 Å². The molecule has 0 saturated heterocycles. The maximum Gasteiger partial charge on any atom is 0.000438 e. The third-order valence-electron chi connectivity index (χ3n) is 1.26. The molecule has 0 bridgehead atoms. The molecule has 0 spiro atoms. The maximum absolute atomic E-state index is 3.80. The summed E-state index contributed by atoms with van der Waals surface area (Å²) < 4.78 is 0. The van der Waals surface area contributed by atoms with E-state index in [0.717, 1.165) is 25.6 Å². The molecule has 0 atom stereocenters. The predicted octanol–water partition coefficient (Wildman–Crippen LogP) is 1.61. The molecule has 0 aliphatic heterocycles. The maximum atomic E-state index is 3.80. The van der Waals surface area contributed by atoms with Crippen LogP contribution in [-0.2, 0) is 0 Å². The lowest BCUT2D eigenvalue weighted by Gasteiger charge is -2.19. The van der Waals surface area contributed by atoms with Crippen LogP contribution in [0.5, 0.6) is 0 Å². The second-order valence-electron chi connectivity index (χ2n) is 2.69. The molecule has 0 amide bonds. The Hall–Kier alpha value is -0.0400. The van der Waals surface area contributed by atoms with Crippen molar-refractivity contribution in [2.24, 2.45) is 5.92 Å². The molecule has 0 aliphatic carbocycles. The van der Waals surface area contributed by atoms with E-state index in [2.05, 4.69) is 32.6 Å². The van der Waals surface area contributed by atoms with Crippen LogP contribution in [0.15, 0.2) is 0 Å². The molecule has 0 aromatic rings. The zero-order chi connectivity index (χ0) is 7.28. The van der Waals surface area contributed by atoms with Crippen LogP contribution >= 0.6 is 0 Å². The molecule has 2 radical (unpaired) electrons. The molecule has 0 unspecified atom stereocenters. The molecule has 9 heavy (non-hydrogen) atoms. The van der Waals surface area contributed by atoms with Crippen molar-refractivity contribution in [3.05, 3.63) is 13.8 Å². The zero-order valence-electron chi connectivity index (χ0n) is 6.56. The molecule has 0 aromatic heterocycles. The molecular weight excluding hydrogens is 110 g/mol. The first kappa shape index (κ1) is 8.96. The Morgan fingerprint density at radius 2 is 1.67 bits per heavy atom.